The third-order valence-electron chi connectivity index (χ3n) is 3.67. The third kappa shape index (κ3) is 3.42. The van der Waals surface area contributed by atoms with Crippen molar-refractivity contribution in [3.05, 3.63) is 23.4 Å². The van der Waals surface area contributed by atoms with Crippen molar-refractivity contribution >= 4 is 11.9 Å². The molecule has 134 valence electrons. The zero-order valence-electron chi connectivity index (χ0n) is 15.2. The summed E-state index contributed by atoms with van der Waals surface area (Å²) in [6.45, 7) is 1.72. The molecule has 0 aliphatic heterocycles. The number of methoxy groups -OCH3 is 3. The van der Waals surface area contributed by atoms with Gasteiger partial charge in [-0.05, 0) is 19.1 Å². The molecule has 0 fully saturated rings. The summed E-state index contributed by atoms with van der Waals surface area (Å²) in [5, 5.41) is 0. The first-order valence-corrected chi connectivity index (χ1v) is 7.50. The molecule has 1 heterocycles. The molecule has 2 rings (SSSR count). The maximum atomic E-state index is 12.6. The highest BCUT2D eigenvalue weighted by Crippen LogP contribution is 2.41. The smallest absolute Gasteiger partial charge is 0.257 e. The van der Waals surface area contributed by atoms with Gasteiger partial charge in [0.05, 0.1) is 38.3 Å². The average Bonchev–Trinajstić information content (AvgIpc) is 2.58. The van der Waals surface area contributed by atoms with E-state index in [4.69, 9.17) is 19.9 Å². The van der Waals surface area contributed by atoms with Crippen LogP contribution in [0.3, 0.4) is 0 Å². The Hall–Kier alpha value is -3.03. The predicted octanol–water partition coefficient (Wildman–Crippen LogP) is 1.76. The van der Waals surface area contributed by atoms with E-state index in [0.717, 1.165) is 0 Å². The van der Waals surface area contributed by atoms with E-state index in [-0.39, 0.29) is 11.9 Å². The molecular weight excluding hydrogens is 324 g/mol. The van der Waals surface area contributed by atoms with Crippen molar-refractivity contribution < 1.29 is 19.0 Å². The molecule has 0 saturated carbocycles. The quantitative estimate of drug-likeness (QED) is 0.880. The zero-order valence-corrected chi connectivity index (χ0v) is 15.2. The van der Waals surface area contributed by atoms with Gasteiger partial charge in [-0.25, -0.2) is 9.97 Å². The summed E-state index contributed by atoms with van der Waals surface area (Å²) < 4.78 is 16.1. The summed E-state index contributed by atoms with van der Waals surface area (Å²) in [5.74, 6) is 1.22. The second-order valence-electron chi connectivity index (χ2n) is 5.50. The number of nitrogens with two attached hydrogens (primary N) is 1. The van der Waals surface area contributed by atoms with Crippen molar-refractivity contribution in [1.29, 1.82) is 0 Å². The summed E-state index contributed by atoms with van der Waals surface area (Å²) in [7, 11) is 7.89. The maximum Gasteiger partial charge on any atom is 0.257 e. The molecule has 0 unspecified atom stereocenters. The van der Waals surface area contributed by atoms with Gasteiger partial charge in [0.15, 0.2) is 11.5 Å². The van der Waals surface area contributed by atoms with Crippen LogP contribution in [0.25, 0.3) is 11.3 Å². The summed E-state index contributed by atoms with van der Waals surface area (Å²) in [6.07, 6.45) is 0. The van der Waals surface area contributed by atoms with E-state index in [1.807, 2.05) is 0 Å². The van der Waals surface area contributed by atoms with Gasteiger partial charge in [0.2, 0.25) is 11.7 Å². The lowest BCUT2D eigenvalue weighted by Gasteiger charge is -2.18. The minimum atomic E-state index is -0.221. The Kier molecular flexibility index (Phi) is 5.31. The van der Waals surface area contributed by atoms with Crippen LogP contribution in [0.5, 0.6) is 17.2 Å². The summed E-state index contributed by atoms with van der Waals surface area (Å²) in [4.78, 5) is 22.5. The highest BCUT2D eigenvalue weighted by molar-refractivity contribution is 6.01. The molecule has 2 N–H and O–H groups in total. The molecule has 1 aromatic carbocycles. The first-order chi connectivity index (χ1) is 11.8. The van der Waals surface area contributed by atoms with Crippen molar-refractivity contribution in [2.75, 3.05) is 41.2 Å². The number of carbonyl (C=O) groups is 1. The number of hydrogen-bond donors (Lipinski definition) is 1. The molecule has 0 bridgehead atoms. The molecule has 0 atom stereocenters. The first-order valence-electron chi connectivity index (χ1n) is 7.50. The van der Waals surface area contributed by atoms with Crippen molar-refractivity contribution in [1.82, 2.24) is 14.9 Å². The van der Waals surface area contributed by atoms with Crippen molar-refractivity contribution in [3.8, 4) is 28.5 Å². The molecule has 0 saturated heterocycles. The fourth-order valence-electron chi connectivity index (χ4n) is 2.50. The number of nitrogens with zero attached hydrogens (tertiary/aromatic N) is 3. The number of benzene rings is 1. The van der Waals surface area contributed by atoms with Crippen LogP contribution in [0.15, 0.2) is 12.1 Å². The van der Waals surface area contributed by atoms with Gasteiger partial charge in [0.1, 0.15) is 0 Å². The number of aryl methyl sites for hydroxylation is 1. The minimum absolute atomic E-state index is 0.0801. The molecule has 2 aromatic rings. The molecule has 25 heavy (non-hydrogen) atoms. The van der Waals surface area contributed by atoms with Gasteiger partial charge in [0, 0.05) is 19.7 Å². The number of rotatable bonds is 5. The third-order valence-corrected chi connectivity index (χ3v) is 3.67. The Morgan fingerprint density at radius 1 is 1.04 bits per heavy atom. The topological polar surface area (TPSA) is 99.8 Å². The molecule has 1 amide bonds. The molecule has 1 aromatic heterocycles. The van der Waals surface area contributed by atoms with Gasteiger partial charge in [-0.3, -0.25) is 4.79 Å². The van der Waals surface area contributed by atoms with Crippen LogP contribution in [0.2, 0.25) is 0 Å². The number of ether oxygens (including phenoxy) is 3. The Balaban J connectivity index is 2.80. The second-order valence-corrected chi connectivity index (χ2v) is 5.50. The van der Waals surface area contributed by atoms with E-state index in [2.05, 4.69) is 9.97 Å². The summed E-state index contributed by atoms with van der Waals surface area (Å²) in [6, 6.07) is 3.43. The lowest BCUT2D eigenvalue weighted by atomic mass is 10.0. The van der Waals surface area contributed by atoms with E-state index >= 15 is 0 Å². The Bertz CT molecular complexity index is 780. The van der Waals surface area contributed by atoms with Gasteiger partial charge in [0.25, 0.3) is 5.91 Å². The van der Waals surface area contributed by atoms with E-state index in [9.17, 15) is 4.79 Å². The Labute approximate surface area is 146 Å². The van der Waals surface area contributed by atoms with Crippen molar-refractivity contribution in [2.24, 2.45) is 0 Å². The SMILES string of the molecule is COc1cc(-c2nc(N)nc(C)c2C(=O)N(C)C)cc(OC)c1OC. The van der Waals surface area contributed by atoms with Gasteiger partial charge in [-0.1, -0.05) is 0 Å². The Morgan fingerprint density at radius 2 is 1.60 bits per heavy atom. The molecule has 0 spiro atoms. The average molecular weight is 346 g/mol. The van der Waals surface area contributed by atoms with Crippen LogP contribution >= 0.6 is 0 Å². The van der Waals surface area contributed by atoms with Crippen molar-refractivity contribution in [2.45, 2.75) is 6.92 Å². The number of hydrogen-bond acceptors (Lipinski definition) is 7. The number of carbonyl (C=O) groups excluding carboxylic acids is 1. The predicted molar refractivity (Wildman–Crippen MR) is 94.3 cm³/mol. The van der Waals surface area contributed by atoms with Crippen LogP contribution in [-0.2, 0) is 0 Å². The molecule has 8 heteroatoms. The highest BCUT2D eigenvalue weighted by atomic mass is 16.5. The standard InChI is InChI=1S/C17H22N4O4/c1-9-13(16(22)21(2)3)14(20-17(18)19-9)10-7-11(23-4)15(25-6)12(8-10)24-5/h7-8H,1-6H3,(H2,18,19,20). The van der Waals surface area contributed by atoms with Crippen molar-refractivity contribution in [3.63, 3.8) is 0 Å². The summed E-state index contributed by atoms with van der Waals surface area (Å²) >= 11 is 0. The number of nitrogen functional groups attached to an aromatic ring is 1. The van der Waals surface area contributed by atoms with Crippen LogP contribution in [0, 0.1) is 6.92 Å². The van der Waals surface area contributed by atoms with Crippen LogP contribution in [0.4, 0.5) is 5.95 Å². The van der Waals surface area contributed by atoms with Gasteiger partial charge >= 0.3 is 0 Å². The largest absolute Gasteiger partial charge is 0.493 e. The lowest BCUT2D eigenvalue weighted by Crippen LogP contribution is -2.24. The van der Waals surface area contributed by atoms with Crippen LogP contribution in [-0.4, -0.2) is 56.2 Å². The molecule has 0 radical (unpaired) electrons. The van der Waals surface area contributed by atoms with Gasteiger partial charge in [-0.15, -0.1) is 0 Å². The number of anilines is 1. The zero-order chi connectivity index (χ0) is 18.7. The number of amides is 1. The highest BCUT2D eigenvalue weighted by Gasteiger charge is 2.23. The molecule has 0 aliphatic rings. The van der Waals surface area contributed by atoms with Gasteiger partial charge in [-0.2, -0.15) is 0 Å². The van der Waals surface area contributed by atoms with Crippen LogP contribution < -0.4 is 19.9 Å². The number of aromatic nitrogens is 2. The van der Waals surface area contributed by atoms with E-state index in [1.165, 1.54) is 26.2 Å². The lowest BCUT2D eigenvalue weighted by molar-refractivity contribution is 0.0827. The van der Waals surface area contributed by atoms with E-state index < -0.39 is 0 Å². The molecular formula is C17H22N4O4. The Morgan fingerprint density at radius 3 is 2.04 bits per heavy atom. The molecule has 0 aliphatic carbocycles. The second kappa shape index (κ2) is 7.25. The monoisotopic (exact) mass is 346 g/mol. The molecule has 8 nitrogen and oxygen atoms in total. The van der Waals surface area contributed by atoms with E-state index in [1.54, 1.807) is 33.2 Å². The van der Waals surface area contributed by atoms with E-state index in [0.29, 0.717) is 39.8 Å². The first kappa shape index (κ1) is 18.3. The minimum Gasteiger partial charge on any atom is -0.493 e. The fraction of sp³-hybridized carbons (Fsp3) is 0.353. The summed E-state index contributed by atoms with van der Waals surface area (Å²) in [5.41, 5.74) is 7.68. The van der Waals surface area contributed by atoms with Crippen LogP contribution in [0.1, 0.15) is 16.1 Å². The fourth-order valence-corrected chi connectivity index (χ4v) is 2.50. The van der Waals surface area contributed by atoms with Gasteiger partial charge < -0.3 is 24.8 Å². The maximum absolute atomic E-state index is 12.6. The normalized spacial score (nSPS) is 10.3.